The van der Waals surface area contributed by atoms with Crippen LogP contribution in [0.4, 0.5) is 4.79 Å². The Balaban J connectivity index is 1.36. The van der Waals surface area contributed by atoms with Gasteiger partial charge in [0.15, 0.2) is 0 Å². The van der Waals surface area contributed by atoms with Gasteiger partial charge in [0, 0.05) is 12.1 Å². The minimum absolute atomic E-state index is 0.0836. The summed E-state index contributed by atoms with van der Waals surface area (Å²) in [6.45, 7) is 0.735. The van der Waals surface area contributed by atoms with Crippen molar-refractivity contribution in [2.24, 2.45) is 0 Å². The highest BCUT2D eigenvalue weighted by Gasteiger charge is 2.29. The van der Waals surface area contributed by atoms with E-state index in [0.717, 1.165) is 36.9 Å². The van der Waals surface area contributed by atoms with E-state index < -0.39 is 0 Å². The van der Waals surface area contributed by atoms with Crippen LogP contribution < -0.4 is 0 Å². The second-order valence-corrected chi connectivity index (χ2v) is 7.89. The molecule has 0 aliphatic carbocycles. The van der Waals surface area contributed by atoms with E-state index in [-0.39, 0.29) is 12.1 Å². The second kappa shape index (κ2) is 8.56. The second-order valence-electron chi connectivity index (χ2n) is 7.89. The number of carbonyl (C=O) groups excluding carboxylic acids is 1. The molecule has 0 radical (unpaired) electrons. The van der Waals surface area contributed by atoms with Crippen molar-refractivity contribution in [3.8, 4) is 22.4 Å². The Hall–Kier alpha value is -3.73. The maximum Gasteiger partial charge on any atom is 0.346 e. The Bertz CT molecular complexity index is 1150. The Morgan fingerprint density at radius 3 is 2.16 bits per heavy atom. The van der Waals surface area contributed by atoms with Gasteiger partial charge in [0.2, 0.25) is 0 Å². The van der Waals surface area contributed by atoms with Gasteiger partial charge in [-0.25, -0.2) is 4.79 Å². The van der Waals surface area contributed by atoms with E-state index in [9.17, 15) is 4.79 Å². The van der Waals surface area contributed by atoms with Crippen molar-refractivity contribution >= 4 is 6.03 Å². The summed E-state index contributed by atoms with van der Waals surface area (Å²) in [7, 11) is 0. The Morgan fingerprint density at radius 2 is 1.42 bits per heavy atom. The van der Waals surface area contributed by atoms with E-state index in [1.807, 2.05) is 53.4 Å². The van der Waals surface area contributed by atoms with Crippen molar-refractivity contribution < 1.29 is 4.79 Å². The van der Waals surface area contributed by atoms with Crippen LogP contribution in [0.1, 0.15) is 30.9 Å². The standard InChI is InChI=1S/C26H24N4O/c31-26(29-18-8-7-13-25(29)23-11-5-2-6-12-23)30-19-24(27-28-30)22-16-14-21(15-17-22)20-9-3-1-4-10-20/h1-6,9-12,14-17,19,25H,7-8,13,18H2. The average Bonchev–Trinajstić information content (AvgIpc) is 3.35. The van der Waals surface area contributed by atoms with Crippen LogP contribution in [0, 0.1) is 0 Å². The van der Waals surface area contributed by atoms with E-state index in [1.165, 1.54) is 15.8 Å². The van der Waals surface area contributed by atoms with Gasteiger partial charge in [0.1, 0.15) is 5.69 Å². The lowest BCUT2D eigenvalue weighted by Gasteiger charge is -2.35. The van der Waals surface area contributed by atoms with Crippen LogP contribution in [0.2, 0.25) is 0 Å². The number of hydrogen-bond acceptors (Lipinski definition) is 3. The molecule has 1 saturated heterocycles. The Morgan fingerprint density at radius 1 is 0.774 bits per heavy atom. The predicted octanol–water partition coefficient (Wildman–Crippen LogP) is 5.81. The maximum absolute atomic E-state index is 13.3. The van der Waals surface area contributed by atoms with Crippen LogP contribution in [0.15, 0.2) is 91.1 Å². The Kier molecular flexibility index (Phi) is 5.31. The number of rotatable bonds is 3. The zero-order valence-electron chi connectivity index (χ0n) is 17.3. The molecule has 31 heavy (non-hydrogen) atoms. The summed E-state index contributed by atoms with van der Waals surface area (Å²) < 4.78 is 1.38. The van der Waals surface area contributed by atoms with Gasteiger partial charge in [-0.2, -0.15) is 4.68 Å². The van der Waals surface area contributed by atoms with E-state index in [0.29, 0.717) is 5.69 Å². The molecule has 1 aromatic heterocycles. The number of carbonyl (C=O) groups is 1. The molecule has 1 aliphatic rings. The van der Waals surface area contributed by atoms with Crippen molar-refractivity contribution in [2.75, 3.05) is 6.54 Å². The van der Waals surface area contributed by atoms with Crippen LogP contribution in [0.25, 0.3) is 22.4 Å². The summed E-state index contributed by atoms with van der Waals surface area (Å²) in [4.78, 5) is 15.2. The zero-order chi connectivity index (χ0) is 21.0. The lowest BCUT2D eigenvalue weighted by Crippen LogP contribution is -2.41. The van der Waals surface area contributed by atoms with E-state index in [4.69, 9.17) is 0 Å². The third-order valence-corrected chi connectivity index (χ3v) is 5.91. The molecule has 5 rings (SSSR count). The number of amides is 1. The van der Waals surface area contributed by atoms with Crippen LogP contribution in [0.5, 0.6) is 0 Å². The summed E-state index contributed by atoms with van der Waals surface area (Å²) in [5.74, 6) is 0. The van der Waals surface area contributed by atoms with Gasteiger partial charge in [-0.3, -0.25) is 0 Å². The van der Waals surface area contributed by atoms with Gasteiger partial charge in [-0.1, -0.05) is 90.1 Å². The molecule has 1 atom stereocenters. The number of nitrogens with zero attached hydrogens (tertiary/aromatic N) is 4. The monoisotopic (exact) mass is 408 g/mol. The first-order chi connectivity index (χ1) is 15.3. The highest BCUT2D eigenvalue weighted by molar-refractivity contribution is 5.78. The first-order valence-corrected chi connectivity index (χ1v) is 10.7. The molecular weight excluding hydrogens is 384 g/mol. The minimum Gasteiger partial charge on any atom is -0.316 e. The summed E-state index contributed by atoms with van der Waals surface area (Å²) in [6.07, 6.45) is 4.84. The molecule has 0 bridgehead atoms. The molecule has 0 spiro atoms. The first kappa shape index (κ1) is 19.2. The smallest absolute Gasteiger partial charge is 0.316 e. The molecule has 1 fully saturated rings. The largest absolute Gasteiger partial charge is 0.346 e. The van der Waals surface area contributed by atoms with Crippen molar-refractivity contribution in [2.45, 2.75) is 25.3 Å². The highest BCUT2D eigenvalue weighted by atomic mass is 16.2. The minimum atomic E-state index is -0.117. The van der Waals surface area contributed by atoms with E-state index >= 15 is 0 Å². The molecular formula is C26H24N4O. The summed E-state index contributed by atoms with van der Waals surface area (Å²) in [5.41, 5.74) is 5.13. The molecule has 5 nitrogen and oxygen atoms in total. The van der Waals surface area contributed by atoms with Gasteiger partial charge in [-0.15, -0.1) is 5.10 Å². The van der Waals surface area contributed by atoms with Crippen molar-refractivity contribution in [3.63, 3.8) is 0 Å². The van der Waals surface area contributed by atoms with Crippen LogP contribution in [-0.2, 0) is 0 Å². The van der Waals surface area contributed by atoms with Gasteiger partial charge >= 0.3 is 6.03 Å². The van der Waals surface area contributed by atoms with E-state index in [2.05, 4.69) is 46.7 Å². The van der Waals surface area contributed by atoms with Crippen molar-refractivity contribution in [1.29, 1.82) is 0 Å². The molecule has 5 heteroatoms. The lowest BCUT2D eigenvalue weighted by atomic mass is 9.96. The van der Waals surface area contributed by atoms with Crippen molar-refractivity contribution in [3.05, 3.63) is 96.7 Å². The predicted molar refractivity (Wildman–Crippen MR) is 121 cm³/mol. The maximum atomic E-state index is 13.3. The molecule has 0 N–H and O–H groups in total. The SMILES string of the molecule is O=C(N1CCCCC1c1ccccc1)n1cc(-c2ccc(-c3ccccc3)cc2)nn1. The average molecular weight is 409 g/mol. The van der Waals surface area contributed by atoms with E-state index in [1.54, 1.807) is 6.20 Å². The molecule has 154 valence electrons. The molecule has 1 unspecified atom stereocenters. The fourth-order valence-electron chi connectivity index (χ4n) is 4.27. The number of hydrogen-bond donors (Lipinski definition) is 0. The summed E-state index contributed by atoms with van der Waals surface area (Å²) in [5, 5.41) is 8.42. The Labute approximate surface area is 182 Å². The first-order valence-electron chi connectivity index (χ1n) is 10.7. The fourth-order valence-corrected chi connectivity index (χ4v) is 4.27. The number of likely N-dealkylation sites (tertiary alicyclic amines) is 1. The third-order valence-electron chi connectivity index (χ3n) is 5.91. The van der Waals surface area contributed by atoms with Crippen LogP contribution in [0.3, 0.4) is 0 Å². The molecule has 2 heterocycles. The van der Waals surface area contributed by atoms with Gasteiger partial charge in [0.25, 0.3) is 0 Å². The normalized spacial score (nSPS) is 16.3. The highest BCUT2D eigenvalue weighted by Crippen LogP contribution is 2.31. The van der Waals surface area contributed by atoms with Gasteiger partial charge in [-0.05, 0) is 36.0 Å². The van der Waals surface area contributed by atoms with Crippen molar-refractivity contribution in [1.82, 2.24) is 19.9 Å². The lowest BCUT2D eigenvalue weighted by molar-refractivity contribution is 0.149. The number of benzene rings is 3. The summed E-state index contributed by atoms with van der Waals surface area (Å²) >= 11 is 0. The molecule has 0 saturated carbocycles. The molecule has 4 aromatic rings. The van der Waals surface area contributed by atoms with Gasteiger partial charge in [0.05, 0.1) is 12.2 Å². The molecule has 1 amide bonds. The van der Waals surface area contributed by atoms with Crippen LogP contribution in [-0.4, -0.2) is 32.5 Å². The molecule has 3 aromatic carbocycles. The quantitative estimate of drug-likeness (QED) is 0.430. The number of aromatic nitrogens is 3. The summed E-state index contributed by atoms with van der Waals surface area (Å²) in [6, 6.07) is 28.7. The fraction of sp³-hybridized carbons (Fsp3) is 0.192. The zero-order valence-corrected chi connectivity index (χ0v) is 17.3. The number of piperidine rings is 1. The van der Waals surface area contributed by atoms with Gasteiger partial charge < -0.3 is 4.90 Å². The third kappa shape index (κ3) is 3.99. The molecule has 1 aliphatic heterocycles. The topological polar surface area (TPSA) is 51.0 Å². The van der Waals surface area contributed by atoms with Crippen LogP contribution >= 0.6 is 0 Å².